The van der Waals surface area contributed by atoms with Crippen LogP contribution in [0.1, 0.15) is 13.8 Å². The Morgan fingerprint density at radius 3 is 0.795 bits per heavy atom. The normalized spacial score (nSPS) is 16.6. The van der Waals surface area contributed by atoms with Crippen LogP contribution in [0.2, 0.25) is 6.55 Å². The largest absolute Gasteiger partial charge is 0.460 e. The van der Waals surface area contributed by atoms with E-state index in [1.165, 1.54) is 0 Å². The van der Waals surface area contributed by atoms with Crippen LogP contribution in [-0.2, 0) is 8.85 Å². The van der Waals surface area contributed by atoms with E-state index in [1.54, 1.807) is 0 Å². The van der Waals surface area contributed by atoms with Gasteiger partial charge in [-0.3, -0.25) is 0 Å². The van der Waals surface area contributed by atoms with Crippen molar-refractivity contribution in [3.05, 3.63) is 0 Å². The van der Waals surface area contributed by atoms with Gasteiger partial charge in [-0.15, -0.1) is 0 Å². The summed E-state index contributed by atoms with van der Waals surface area (Å²) in [5.74, 6) is -70.6. The first-order chi connectivity index (χ1) is 16.6. The van der Waals surface area contributed by atoms with E-state index in [4.69, 9.17) is 0 Å². The van der Waals surface area contributed by atoms with Gasteiger partial charge in [0.2, 0.25) is 0 Å². The maximum atomic E-state index is 14.4. The molecule has 0 aromatic heterocycles. The second-order valence-electron chi connectivity index (χ2n) is 7.48. The van der Waals surface area contributed by atoms with Gasteiger partial charge in [-0.1, -0.05) is 0 Å². The van der Waals surface area contributed by atoms with Crippen LogP contribution >= 0.6 is 0 Å². The molecule has 0 aliphatic heterocycles. The van der Waals surface area contributed by atoms with E-state index in [0.29, 0.717) is 13.8 Å². The zero-order valence-electron chi connectivity index (χ0n) is 18.7. The fourth-order valence-electron chi connectivity index (χ4n) is 2.62. The molecule has 2 nitrogen and oxygen atoms in total. The van der Waals surface area contributed by atoms with E-state index in [2.05, 4.69) is 8.85 Å². The summed E-state index contributed by atoms with van der Waals surface area (Å²) in [7, 11) is -6.34. The van der Waals surface area contributed by atoms with Crippen LogP contribution < -0.4 is 0 Å². The lowest BCUT2D eigenvalue weighted by Gasteiger charge is -2.46. The molecule has 0 radical (unpaired) electrons. The predicted molar refractivity (Wildman–Crippen MR) is 85.4 cm³/mol. The van der Waals surface area contributed by atoms with E-state index >= 15 is 0 Å². The minimum atomic E-state index is -9.20. The van der Waals surface area contributed by atoms with Gasteiger partial charge in [-0.2, -0.15) is 92.2 Å². The van der Waals surface area contributed by atoms with Gasteiger partial charge in [-0.05, 0) is 20.4 Å². The van der Waals surface area contributed by atoms with Gasteiger partial charge in [0.1, 0.15) is 0 Å². The minimum absolute atomic E-state index is 0.261. The van der Waals surface area contributed by atoms with Crippen LogP contribution in [0.4, 0.5) is 92.2 Å². The van der Waals surface area contributed by atoms with Gasteiger partial charge in [0.15, 0.2) is 0 Å². The third-order valence-electron chi connectivity index (χ3n) is 4.92. The molecule has 0 aromatic rings. The molecule has 0 heterocycles. The SMILES string of the molecule is CCO[Si](C)(OCC)C(F)(F)C(F)(F)C(F)(F)C(F)(F)C(F)(F)C(F)(F)C(F)(F)C(F)(F)C(F)(F)C(F)(F)F. The summed E-state index contributed by atoms with van der Waals surface area (Å²) in [5, 5.41) is 0. The van der Waals surface area contributed by atoms with Gasteiger partial charge in [-0.25, -0.2) is 0 Å². The zero-order chi connectivity index (χ0) is 32.3. The van der Waals surface area contributed by atoms with Crippen molar-refractivity contribution in [3.8, 4) is 0 Å². The maximum Gasteiger partial charge on any atom is 0.460 e. The lowest BCUT2D eigenvalue weighted by atomic mass is 9.87. The first-order valence-corrected chi connectivity index (χ1v) is 11.7. The second-order valence-corrected chi connectivity index (χ2v) is 10.6. The maximum absolute atomic E-state index is 14.4. The number of halogens is 21. The molecular weight excluding hydrogens is 639 g/mol. The Bertz CT molecular complexity index is 858. The summed E-state index contributed by atoms with van der Waals surface area (Å²) in [6.45, 7) is -1.24. The van der Waals surface area contributed by atoms with Gasteiger partial charge in [0, 0.05) is 13.2 Å². The first-order valence-electron chi connectivity index (χ1n) is 9.37. The van der Waals surface area contributed by atoms with E-state index in [1.807, 2.05) is 0 Å². The number of rotatable bonds is 13. The molecular formula is C15H13F21O2Si. The Balaban J connectivity index is 7.25. The van der Waals surface area contributed by atoms with Crippen molar-refractivity contribution in [2.45, 2.75) is 79.5 Å². The van der Waals surface area contributed by atoms with Crippen LogP contribution in [0.5, 0.6) is 0 Å². The third-order valence-corrected chi connectivity index (χ3v) is 8.05. The molecule has 0 amide bonds. The molecule has 39 heavy (non-hydrogen) atoms. The van der Waals surface area contributed by atoms with E-state index < -0.39 is 80.9 Å². The van der Waals surface area contributed by atoms with Gasteiger partial charge < -0.3 is 8.85 Å². The van der Waals surface area contributed by atoms with Crippen molar-refractivity contribution in [2.75, 3.05) is 13.2 Å². The Hall–Kier alpha value is -1.33. The standard InChI is InChI=1S/C15H13F21O2Si/c1-4-37-39(3,38-5-2)15(35,36)13(30,31)11(26,27)9(22,23)7(18,19)6(16,17)8(20,21)10(24,25)12(28,29)14(32,33)34/h4-5H2,1-3H3. The molecule has 0 fully saturated rings. The van der Waals surface area contributed by atoms with E-state index in [0.717, 1.165) is 0 Å². The summed E-state index contributed by atoms with van der Waals surface area (Å²) >= 11 is 0. The topological polar surface area (TPSA) is 18.5 Å². The van der Waals surface area contributed by atoms with Crippen LogP contribution in [-0.4, -0.2) is 80.9 Å². The Kier molecular flexibility index (Phi) is 9.55. The Morgan fingerprint density at radius 1 is 0.385 bits per heavy atom. The van der Waals surface area contributed by atoms with E-state index in [-0.39, 0.29) is 6.55 Å². The predicted octanol–water partition coefficient (Wildman–Crippen LogP) is 7.95. The molecule has 0 aliphatic rings. The van der Waals surface area contributed by atoms with Crippen molar-refractivity contribution in [2.24, 2.45) is 0 Å². The Labute approximate surface area is 203 Å². The van der Waals surface area contributed by atoms with Crippen molar-refractivity contribution >= 4 is 8.56 Å². The lowest BCUT2D eigenvalue weighted by molar-refractivity contribution is -0.472. The molecule has 236 valence electrons. The van der Waals surface area contributed by atoms with Crippen LogP contribution in [0.25, 0.3) is 0 Å². The molecule has 24 heteroatoms. The number of hydrogen-bond donors (Lipinski definition) is 0. The zero-order valence-corrected chi connectivity index (χ0v) is 19.7. The molecule has 0 bridgehead atoms. The van der Waals surface area contributed by atoms with Gasteiger partial charge in [0.05, 0.1) is 0 Å². The molecule has 0 spiro atoms. The summed E-state index contributed by atoms with van der Waals surface area (Å²) in [6, 6.07) is 0. The Morgan fingerprint density at radius 2 is 0.590 bits per heavy atom. The van der Waals surface area contributed by atoms with Crippen molar-refractivity contribution in [1.82, 2.24) is 0 Å². The summed E-state index contributed by atoms with van der Waals surface area (Å²) < 4.78 is 290. The van der Waals surface area contributed by atoms with Gasteiger partial charge >= 0.3 is 67.7 Å². The highest BCUT2D eigenvalue weighted by Crippen LogP contribution is 2.66. The smallest absolute Gasteiger partial charge is 0.391 e. The monoisotopic (exact) mass is 652 g/mol. The van der Waals surface area contributed by atoms with E-state index in [9.17, 15) is 92.2 Å². The highest BCUT2D eigenvalue weighted by atomic mass is 28.4. The molecule has 0 atom stereocenters. The average molecular weight is 652 g/mol. The highest BCUT2D eigenvalue weighted by Gasteiger charge is 2.98. The summed E-state index contributed by atoms with van der Waals surface area (Å²) in [6.07, 6.45) is -8.01. The van der Waals surface area contributed by atoms with Crippen molar-refractivity contribution in [3.63, 3.8) is 0 Å². The molecule has 0 saturated carbocycles. The fourth-order valence-corrected chi connectivity index (χ4v) is 4.89. The van der Waals surface area contributed by atoms with Gasteiger partial charge in [0.25, 0.3) is 0 Å². The average Bonchev–Trinajstić information content (AvgIpc) is 2.71. The number of hydrogen-bond acceptors (Lipinski definition) is 2. The minimum Gasteiger partial charge on any atom is -0.391 e. The summed E-state index contributed by atoms with van der Waals surface area (Å²) in [5.41, 5.74) is -6.87. The molecule has 0 saturated heterocycles. The summed E-state index contributed by atoms with van der Waals surface area (Å²) in [4.78, 5) is 0. The molecule has 0 unspecified atom stereocenters. The quantitative estimate of drug-likeness (QED) is 0.149. The molecule has 0 aromatic carbocycles. The highest BCUT2D eigenvalue weighted by molar-refractivity contribution is 6.69. The number of alkyl halides is 21. The first kappa shape index (κ1) is 37.7. The second kappa shape index (κ2) is 9.89. The molecule has 0 aliphatic carbocycles. The molecule has 0 rings (SSSR count). The van der Waals surface area contributed by atoms with Crippen LogP contribution in [0.15, 0.2) is 0 Å². The van der Waals surface area contributed by atoms with Crippen LogP contribution in [0.3, 0.4) is 0 Å². The lowest BCUT2D eigenvalue weighted by Crippen LogP contribution is -2.78. The van der Waals surface area contributed by atoms with Crippen LogP contribution in [0, 0.1) is 0 Å². The molecule has 0 N–H and O–H groups in total. The third kappa shape index (κ3) is 4.72. The van der Waals surface area contributed by atoms with Crippen molar-refractivity contribution < 1.29 is 101 Å². The fraction of sp³-hybridized carbons (Fsp3) is 1.00. The van der Waals surface area contributed by atoms with Crippen molar-refractivity contribution in [1.29, 1.82) is 0 Å².